The lowest BCUT2D eigenvalue weighted by Gasteiger charge is -2.45. The molecule has 3 atom stereocenters. The maximum Gasteiger partial charge on any atom is 0.317 e. The van der Waals surface area contributed by atoms with Crippen molar-refractivity contribution in [2.75, 3.05) is 60.5 Å². The summed E-state index contributed by atoms with van der Waals surface area (Å²) in [6.45, 7) is 4.95. The number of hydrogen-bond acceptors (Lipinski definition) is 5. The average molecular weight is 385 g/mol. The summed E-state index contributed by atoms with van der Waals surface area (Å²) in [4.78, 5) is 29.3. The Hall–Kier alpha value is -1.38. The van der Waals surface area contributed by atoms with Crippen molar-refractivity contribution in [1.82, 2.24) is 20.0 Å². The molecule has 1 aliphatic heterocycles. The number of hydrogen-bond donors (Lipinski definition) is 2. The minimum absolute atomic E-state index is 0.0285. The molecule has 2 fully saturated rings. The fourth-order valence-corrected chi connectivity index (χ4v) is 4.37. The van der Waals surface area contributed by atoms with Gasteiger partial charge in [0.1, 0.15) is 0 Å². The molecular formula is C19H36N4O4. The molecule has 0 aromatic heterocycles. The van der Waals surface area contributed by atoms with Crippen LogP contribution in [0.25, 0.3) is 0 Å². The van der Waals surface area contributed by atoms with Crippen LogP contribution in [-0.4, -0.2) is 104 Å². The van der Waals surface area contributed by atoms with Gasteiger partial charge >= 0.3 is 12.0 Å². The van der Waals surface area contributed by atoms with Crippen LogP contribution < -0.4 is 5.32 Å². The fourth-order valence-electron chi connectivity index (χ4n) is 4.37. The Bertz CT molecular complexity index is 516. The van der Waals surface area contributed by atoms with Crippen LogP contribution in [0.2, 0.25) is 0 Å². The fraction of sp³-hybridized carbons (Fsp3) is 0.895. The predicted molar refractivity (Wildman–Crippen MR) is 104 cm³/mol. The van der Waals surface area contributed by atoms with E-state index < -0.39 is 5.97 Å². The molecule has 3 unspecified atom stereocenters. The highest BCUT2D eigenvalue weighted by molar-refractivity contribution is 5.74. The molecule has 1 heterocycles. The number of nitrogens with one attached hydrogen (secondary N) is 1. The van der Waals surface area contributed by atoms with Gasteiger partial charge in [-0.05, 0) is 39.9 Å². The van der Waals surface area contributed by atoms with Crippen molar-refractivity contribution in [3.05, 3.63) is 0 Å². The van der Waals surface area contributed by atoms with E-state index in [4.69, 9.17) is 9.84 Å². The number of amides is 2. The second-order valence-corrected chi connectivity index (χ2v) is 8.51. The SMILES string of the molecule is CC1CCCC(CNC(=O)N2CCOC(CN(C)CC(=O)O)C2)(N(C)C)C1. The second kappa shape index (κ2) is 9.71. The number of carbonyl (C=O) groups excluding carboxylic acids is 1. The Morgan fingerprint density at radius 3 is 2.70 bits per heavy atom. The van der Waals surface area contributed by atoms with E-state index in [9.17, 15) is 9.59 Å². The summed E-state index contributed by atoms with van der Waals surface area (Å²) >= 11 is 0. The third-order valence-corrected chi connectivity index (χ3v) is 5.93. The van der Waals surface area contributed by atoms with Crippen molar-refractivity contribution in [2.24, 2.45) is 5.92 Å². The molecule has 1 saturated carbocycles. The lowest BCUT2D eigenvalue weighted by atomic mass is 9.75. The van der Waals surface area contributed by atoms with Gasteiger partial charge in [-0.3, -0.25) is 9.69 Å². The van der Waals surface area contributed by atoms with E-state index in [1.54, 1.807) is 16.8 Å². The van der Waals surface area contributed by atoms with Gasteiger partial charge in [0.2, 0.25) is 0 Å². The Morgan fingerprint density at radius 2 is 2.07 bits per heavy atom. The maximum absolute atomic E-state index is 12.7. The van der Waals surface area contributed by atoms with Gasteiger partial charge in [-0.15, -0.1) is 0 Å². The summed E-state index contributed by atoms with van der Waals surface area (Å²) in [6, 6.07) is -0.0522. The lowest BCUT2D eigenvalue weighted by molar-refractivity contribution is -0.138. The zero-order chi connectivity index (χ0) is 20.0. The number of rotatable bonds is 7. The minimum atomic E-state index is -0.862. The van der Waals surface area contributed by atoms with Gasteiger partial charge in [0, 0.05) is 31.7 Å². The van der Waals surface area contributed by atoms with Crippen LogP contribution in [0.15, 0.2) is 0 Å². The van der Waals surface area contributed by atoms with Crippen LogP contribution in [0, 0.1) is 5.92 Å². The summed E-state index contributed by atoms with van der Waals surface area (Å²) in [5.41, 5.74) is 0.0285. The predicted octanol–water partition coefficient (Wildman–Crippen LogP) is 0.924. The standard InChI is InChI=1S/C19H36N4O4/c1-15-6-5-7-19(10-15,21(2)3)14-20-18(26)23-8-9-27-16(12-23)11-22(4)13-17(24)25/h15-16H,5-14H2,1-4H3,(H,20,26)(H,24,25). The molecule has 156 valence electrons. The number of carboxylic acid groups (broad SMARTS) is 1. The van der Waals surface area contributed by atoms with Gasteiger partial charge in [0.15, 0.2) is 0 Å². The molecule has 2 N–H and O–H groups in total. The van der Waals surface area contributed by atoms with Gasteiger partial charge in [-0.1, -0.05) is 19.8 Å². The van der Waals surface area contributed by atoms with Crippen LogP contribution in [0.1, 0.15) is 32.6 Å². The number of aliphatic carboxylic acids is 1. The van der Waals surface area contributed by atoms with Gasteiger partial charge in [-0.25, -0.2) is 4.79 Å². The van der Waals surface area contributed by atoms with Gasteiger partial charge < -0.3 is 25.0 Å². The van der Waals surface area contributed by atoms with Gasteiger partial charge in [0.25, 0.3) is 0 Å². The number of ether oxygens (including phenoxy) is 1. The van der Waals surface area contributed by atoms with Crippen molar-refractivity contribution >= 4 is 12.0 Å². The first-order valence-electron chi connectivity index (χ1n) is 9.94. The molecular weight excluding hydrogens is 348 g/mol. The third kappa shape index (κ3) is 6.33. The van der Waals surface area contributed by atoms with E-state index in [0.717, 1.165) is 12.8 Å². The first-order valence-corrected chi connectivity index (χ1v) is 9.94. The highest BCUT2D eigenvalue weighted by Gasteiger charge is 2.37. The summed E-state index contributed by atoms with van der Waals surface area (Å²) in [5.74, 6) is -0.186. The van der Waals surface area contributed by atoms with E-state index in [-0.39, 0.29) is 24.2 Å². The van der Waals surface area contributed by atoms with Crippen LogP contribution in [0.3, 0.4) is 0 Å². The third-order valence-electron chi connectivity index (χ3n) is 5.93. The van der Waals surface area contributed by atoms with Crippen molar-refractivity contribution in [1.29, 1.82) is 0 Å². The smallest absolute Gasteiger partial charge is 0.317 e. The van der Waals surface area contributed by atoms with E-state index in [2.05, 4.69) is 31.2 Å². The molecule has 1 aliphatic carbocycles. The number of likely N-dealkylation sites (N-methyl/N-ethyl adjacent to an activating group) is 2. The normalized spacial score (nSPS) is 29.2. The Labute approximate surface area is 162 Å². The van der Waals surface area contributed by atoms with Crippen molar-refractivity contribution in [3.63, 3.8) is 0 Å². The number of morpholine rings is 1. The van der Waals surface area contributed by atoms with Gasteiger partial charge in [-0.2, -0.15) is 0 Å². The molecule has 8 heteroatoms. The van der Waals surface area contributed by atoms with E-state index in [1.807, 2.05) is 0 Å². The first kappa shape index (κ1) is 21.9. The Kier molecular flexibility index (Phi) is 7.88. The Morgan fingerprint density at radius 1 is 1.33 bits per heavy atom. The number of urea groups is 1. The monoisotopic (exact) mass is 384 g/mol. The van der Waals surface area contributed by atoms with Crippen LogP contribution in [-0.2, 0) is 9.53 Å². The molecule has 27 heavy (non-hydrogen) atoms. The molecule has 0 aromatic rings. The molecule has 8 nitrogen and oxygen atoms in total. The van der Waals surface area contributed by atoms with Crippen molar-refractivity contribution in [3.8, 4) is 0 Å². The highest BCUT2D eigenvalue weighted by Crippen LogP contribution is 2.35. The zero-order valence-corrected chi connectivity index (χ0v) is 17.2. The summed E-state index contributed by atoms with van der Waals surface area (Å²) in [5, 5.41) is 12.0. The zero-order valence-electron chi connectivity index (χ0n) is 17.2. The minimum Gasteiger partial charge on any atom is -0.480 e. The molecule has 2 amide bonds. The average Bonchev–Trinajstić information content (AvgIpc) is 2.59. The second-order valence-electron chi connectivity index (χ2n) is 8.51. The summed E-state index contributed by atoms with van der Waals surface area (Å²) in [6.07, 6.45) is 4.51. The topological polar surface area (TPSA) is 85.4 Å². The van der Waals surface area contributed by atoms with Crippen LogP contribution in [0.4, 0.5) is 4.79 Å². The van der Waals surface area contributed by atoms with E-state index in [1.165, 1.54) is 12.8 Å². The Balaban J connectivity index is 1.86. The van der Waals surface area contributed by atoms with Crippen LogP contribution >= 0.6 is 0 Å². The molecule has 0 radical (unpaired) electrons. The molecule has 2 aliphatic rings. The largest absolute Gasteiger partial charge is 0.480 e. The number of carbonyl (C=O) groups is 2. The molecule has 0 bridgehead atoms. The molecule has 0 aromatic carbocycles. The molecule has 2 rings (SSSR count). The van der Waals surface area contributed by atoms with Crippen molar-refractivity contribution < 1.29 is 19.4 Å². The number of carboxylic acids is 1. The summed E-state index contributed by atoms with van der Waals surface area (Å²) in [7, 11) is 5.96. The van der Waals surface area contributed by atoms with Crippen LogP contribution in [0.5, 0.6) is 0 Å². The quantitative estimate of drug-likeness (QED) is 0.679. The maximum atomic E-state index is 12.7. The molecule has 1 saturated heterocycles. The van der Waals surface area contributed by atoms with Crippen molar-refractivity contribution in [2.45, 2.75) is 44.2 Å². The van der Waals surface area contributed by atoms with E-state index in [0.29, 0.717) is 38.7 Å². The van der Waals surface area contributed by atoms with Gasteiger partial charge in [0.05, 0.1) is 19.3 Å². The first-order chi connectivity index (χ1) is 12.7. The molecule has 0 spiro atoms. The number of nitrogens with zero attached hydrogens (tertiary/aromatic N) is 3. The summed E-state index contributed by atoms with van der Waals surface area (Å²) < 4.78 is 5.71. The van der Waals surface area contributed by atoms with E-state index >= 15 is 0 Å². The lowest BCUT2D eigenvalue weighted by Crippen LogP contribution is -2.58. The highest BCUT2D eigenvalue weighted by atomic mass is 16.5.